The summed E-state index contributed by atoms with van der Waals surface area (Å²) in [5.74, 6) is 0.423. The van der Waals surface area contributed by atoms with Crippen LogP contribution in [0.25, 0.3) is 0 Å². The molecule has 2 fully saturated rings. The second-order valence-electron chi connectivity index (χ2n) is 5.85. The summed E-state index contributed by atoms with van der Waals surface area (Å²) in [5, 5.41) is 7.75. The minimum absolute atomic E-state index is 0.285. The van der Waals surface area contributed by atoms with Crippen LogP contribution in [0.1, 0.15) is 25.7 Å². The summed E-state index contributed by atoms with van der Waals surface area (Å²) >= 11 is 0. The number of hydrogen-bond acceptors (Lipinski definition) is 4. The highest BCUT2D eigenvalue weighted by Crippen LogP contribution is 2.24. The Kier molecular flexibility index (Phi) is 3.83. The normalized spacial score (nSPS) is 24.9. The van der Waals surface area contributed by atoms with Gasteiger partial charge in [-0.15, -0.1) is 0 Å². The van der Waals surface area contributed by atoms with Gasteiger partial charge in [0.15, 0.2) is 5.03 Å². The number of nitrogens with zero attached hydrogens (tertiary/aromatic N) is 3. The van der Waals surface area contributed by atoms with E-state index in [2.05, 4.69) is 10.4 Å². The summed E-state index contributed by atoms with van der Waals surface area (Å²) in [6, 6.07) is 2.25. The van der Waals surface area contributed by atoms with Crippen molar-refractivity contribution in [3.63, 3.8) is 0 Å². The Balaban J connectivity index is 1.67. The van der Waals surface area contributed by atoms with E-state index in [1.165, 1.54) is 23.7 Å². The highest BCUT2D eigenvalue weighted by Gasteiger charge is 2.32. The van der Waals surface area contributed by atoms with Gasteiger partial charge in [-0.25, -0.2) is 8.42 Å². The lowest BCUT2D eigenvalue weighted by Gasteiger charge is -2.32. The zero-order valence-electron chi connectivity index (χ0n) is 11.8. The van der Waals surface area contributed by atoms with Gasteiger partial charge in [-0.1, -0.05) is 0 Å². The highest BCUT2D eigenvalue weighted by molar-refractivity contribution is 7.89. The van der Waals surface area contributed by atoms with Crippen LogP contribution in [0.4, 0.5) is 0 Å². The maximum absolute atomic E-state index is 12.6. The molecule has 0 aromatic carbocycles. The summed E-state index contributed by atoms with van der Waals surface area (Å²) in [7, 11) is -1.73. The van der Waals surface area contributed by atoms with Crippen molar-refractivity contribution in [2.45, 2.75) is 36.8 Å². The highest BCUT2D eigenvalue weighted by atomic mass is 32.2. The molecular formula is C13H22N4O2S. The molecule has 112 valence electrons. The van der Waals surface area contributed by atoms with Crippen LogP contribution in [0.3, 0.4) is 0 Å². The fourth-order valence-electron chi connectivity index (χ4n) is 2.78. The summed E-state index contributed by atoms with van der Waals surface area (Å²) in [6.45, 7) is 2.17. The van der Waals surface area contributed by atoms with Crippen molar-refractivity contribution in [2.75, 3.05) is 19.6 Å². The van der Waals surface area contributed by atoms with E-state index in [0.29, 0.717) is 25.0 Å². The Morgan fingerprint density at radius 1 is 1.40 bits per heavy atom. The minimum atomic E-state index is -3.40. The third kappa shape index (κ3) is 2.89. The number of piperidine rings is 1. The molecule has 1 saturated heterocycles. The molecule has 20 heavy (non-hydrogen) atoms. The van der Waals surface area contributed by atoms with Crippen molar-refractivity contribution in [1.29, 1.82) is 0 Å². The van der Waals surface area contributed by atoms with E-state index in [9.17, 15) is 8.42 Å². The van der Waals surface area contributed by atoms with Gasteiger partial charge in [-0.3, -0.25) is 4.68 Å². The molecule has 1 N–H and O–H groups in total. The second kappa shape index (κ2) is 5.46. The van der Waals surface area contributed by atoms with E-state index < -0.39 is 10.0 Å². The average molecular weight is 298 g/mol. The molecule has 1 saturated carbocycles. The van der Waals surface area contributed by atoms with Crippen molar-refractivity contribution in [3.8, 4) is 0 Å². The Morgan fingerprint density at radius 3 is 2.85 bits per heavy atom. The first kappa shape index (κ1) is 14.0. The van der Waals surface area contributed by atoms with Crippen molar-refractivity contribution in [3.05, 3.63) is 12.3 Å². The third-order valence-electron chi connectivity index (χ3n) is 4.13. The van der Waals surface area contributed by atoms with E-state index >= 15 is 0 Å². The number of aryl methyl sites for hydroxylation is 1. The molecule has 0 spiro atoms. The number of nitrogens with one attached hydrogen (secondary N) is 1. The number of sulfonamides is 1. The van der Waals surface area contributed by atoms with Gasteiger partial charge in [-0.05, 0) is 44.2 Å². The van der Waals surface area contributed by atoms with Crippen molar-refractivity contribution in [2.24, 2.45) is 13.0 Å². The largest absolute Gasteiger partial charge is 0.314 e. The molecule has 1 aliphatic carbocycles. The fraction of sp³-hybridized carbons (Fsp3) is 0.769. The molecule has 0 radical (unpaired) electrons. The van der Waals surface area contributed by atoms with Crippen LogP contribution in [0.15, 0.2) is 17.3 Å². The van der Waals surface area contributed by atoms with E-state index in [4.69, 9.17) is 0 Å². The Morgan fingerprint density at radius 2 is 2.20 bits per heavy atom. The second-order valence-corrected chi connectivity index (χ2v) is 7.73. The molecule has 0 bridgehead atoms. The smallest absolute Gasteiger partial charge is 0.260 e. The molecule has 7 heteroatoms. The lowest BCUT2D eigenvalue weighted by atomic mass is 10.00. The molecule has 1 aliphatic heterocycles. The molecule has 0 amide bonds. The molecular weight excluding hydrogens is 276 g/mol. The molecule has 2 heterocycles. The molecule has 1 unspecified atom stereocenters. The molecule has 6 nitrogen and oxygen atoms in total. The predicted molar refractivity (Wildman–Crippen MR) is 75.7 cm³/mol. The van der Waals surface area contributed by atoms with Gasteiger partial charge in [0.1, 0.15) is 0 Å². The van der Waals surface area contributed by atoms with E-state index in [1.807, 2.05) is 0 Å². The molecule has 1 aromatic rings. The number of rotatable bonds is 5. The Hall–Kier alpha value is -0.920. The van der Waals surface area contributed by atoms with Gasteiger partial charge in [0, 0.05) is 26.2 Å². The first-order valence-corrected chi connectivity index (χ1v) is 8.73. The van der Waals surface area contributed by atoms with Crippen LogP contribution in [-0.2, 0) is 17.1 Å². The van der Waals surface area contributed by atoms with E-state index in [0.717, 1.165) is 19.4 Å². The summed E-state index contributed by atoms with van der Waals surface area (Å²) < 4.78 is 28.3. The van der Waals surface area contributed by atoms with Crippen LogP contribution in [0.5, 0.6) is 0 Å². The topological polar surface area (TPSA) is 67.2 Å². The van der Waals surface area contributed by atoms with Gasteiger partial charge in [0.2, 0.25) is 0 Å². The molecule has 3 rings (SSSR count). The van der Waals surface area contributed by atoms with Crippen LogP contribution in [0.2, 0.25) is 0 Å². The average Bonchev–Trinajstić information content (AvgIpc) is 3.17. The fourth-order valence-corrected chi connectivity index (χ4v) is 4.43. The molecule has 1 aromatic heterocycles. The predicted octanol–water partition coefficient (Wildman–Crippen LogP) is 0.573. The lowest BCUT2D eigenvalue weighted by Crippen LogP contribution is -2.43. The quantitative estimate of drug-likeness (QED) is 0.863. The first-order valence-electron chi connectivity index (χ1n) is 7.29. The number of aromatic nitrogens is 2. The minimum Gasteiger partial charge on any atom is -0.314 e. The van der Waals surface area contributed by atoms with E-state index in [-0.39, 0.29) is 5.03 Å². The van der Waals surface area contributed by atoms with E-state index in [1.54, 1.807) is 17.4 Å². The monoisotopic (exact) mass is 298 g/mol. The van der Waals surface area contributed by atoms with Gasteiger partial charge < -0.3 is 5.32 Å². The first-order chi connectivity index (χ1) is 9.57. The van der Waals surface area contributed by atoms with Crippen molar-refractivity contribution in [1.82, 2.24) is 19.4 Å². The van der Waals surface area contributed by atoms with Crippen LogP contribution >= 0.6 is 0 Å². The molecule has 1 atom stereocenters. The third-order valence-corrected chi connectivity index (χ3v) is 6.07. The maximum atomic E-state index is 12.6. The summed E-state index contributed by atoms with van der Waals surface area (Å²) in [4.78, 5) is 0. The Labute approximate surface area is 120 Å². The zero-order chi connectivity index (χ0) is 14.2. The summed E-state index contributed by atoms with van der Waals surface area (Å²) in [5.41, 5.74) is 0. The maximum Gasteiger partial charge on any atom is 0.260 e. The van der Waals surface area contributed by atoms with Gasteiger partial charge in [0.05, 0.1) is 6.20 Å². The summed E-state index contributed by atoms with van der Waals surface area (Å²) in [6.07, 6.45) is 6.11. The molecule has 2 aliphatic rings. The van der Waals surface area contributed by atoms with Crippen LogP contribution in [-0.4, -0.2) is 48.2 Å². The van der Waals surface area contributed by atoms with Gasteiger partial charge in [-0.2, -0.15) is 9.40 Å². The van der Waals surface area contributed by atoms with Crippen LogP contribution in [0, 0.1) is 5.92 Å². The van der Waals surface area contributed by atoms with Crippen LogP contribution < -0.4 is 5.32 Å². The van der Waals surface area contributed by atoms with Crippen molar-refractivity contribution >= 4 is 10.0 Å². The van der Waals surface area contributed by atoms with Crippen molar-refractivity contribution < 1.29 is 8.42 Å². The number of hydrogen-bond donors (Lipinski definition) is 1. The standard InChI is InChI=1S/C13H22N4O2S/c1-16-13(6-7-15-16)20(18,19)17-8-2-3-11(10-17)9-14-12-4-5-12/h6-7,11-12,14H,2-5,8-10H2,1H3. The van der Waals surface area contributed by atoms with Gasteiger partial charge in [0.25, 0.3) is 10.0 Å². The Bertz CT molecular complexity index is 565. The SMILES string of the molecule is Cn1nccc1S(=O)(=O)N1CCCC(CNC2CC2)C1. The van der Waals surface area contributed by atoms with Gasteiger partial charge >= 0.3 is 0 Å². The zero-order valence-corrected chi connectivity index (χ0v) is 12.6. The lowest BCUT2D eigenvalue weighted by molar-refractivity contribution is 0.258.